The van der Waals surface area contributed by atoms with Crippen molar-refractivity contribution in [2.24, 2.45) is 0 Å². The number of nitrogens with one attached hydrogen (secondary N) is 1. The normalized spacial score (nSPS) is 10.5. The van der Waals surface area contributed by atoms with Crippen molar-refractivity contribution >= 4 is 5.95 Å². The van der Waals surface area contributed by atoms with E-state index in [0.717, 1.165) is 22.5 Å². The average molecular weight is 292 g/mol. The highest BCUT2D eigenvalue weighted by Gasteiger charge is 2.03. The summed E-state index contributed by atoms with van der Waals surface area (Å²) in [6.45, 7) is 4.46. The third-order valence-electron chi connectivity index (χ3n) is 3.11. The zero-order chi connectivity index (χ0) is 15.4. The van der Waals surface area contributed by atoms with E-state index < -0.39 is 0 Å². The van der Waals surface area contributed by atoms with Crippen LogP contribution < -0.4 is 5.32 Å². The molecule has 0 fully saturated rings. The average Bonchev–Trinajstić information content (AvgIpc) is 2.54. The minimum atomic E-state index is 0.582. The molecule has 0 aliphatic carbocycles. The van der Waals surface area contributed by atoms with Crippen LogP contribution in [-0.4, -0.2) is 24.9 Å². The third kappa shape index (κ3) is 3.41. The highest BCUT2D eigenvalue weighted by Crippen LogP contribution is 2.14. The van der Waals surface area contributed by atoms with Gasteiger partial charge in [-0.25, -0.2) is 19.9 Å². The summed E-state index contributed by atoms with van der Waals surface area (Å²) < 4.78 is 0. The van der Waals surface area contributed by atoms with E-state index >= 15 is 0 Å². The van der Waals surface area contributed by atoms with E-state index in [1.54, 1.807) is 24.8 Å². The standard InChI is InChI=1S/C16H16N6/c1-11-3-5-18-16(22-11)21-10-13-8-19-15(20-9-13)14-4-6-17-12(2)7-14/h3-9H,10H2,1-2H3,(H,18,21,22). The van der Waals surface area contributed by atoms with Crippen LogP contribution in [0.2, 0.25) is 0 Å². The first kappa shape index (κ1) is 14.1. The maximum absolute atomic E-state index is 4.40. The van der Waals surface area contributed by atoms with Crippen LogP contribution in [0.4, 0.5) is 5.95 Å². The van der Waals surface area contributed by atoms with Crippen LogP contribution in [0, 0.1) is 13.8 Å². The molecule has 0 radical (unpaired) electrons. The number of aryl methyl sites for hydroxylation is 2. The Hall–Kier alpha value is -2.89. The van der Waals surface area contributed by atoms with Crippen molar-refractivity contribution in [2.75, 3.05) is 5.32 Å². The number of pyridine rings is 1. The summed E-state index contributed by atoms with van der Waals surface area (Å²) >= 11 is 0. The molecule has 3 aromatic heterocycles. The van der Waals surface area contributed by atoms with Crippen molar-refractivity contribution < 1.29 is 0 Å². The second kappa shape index (κ2) is 6.26. The molecule has 0 amide bonds. The Morgan fingerprint density at radius 3 is 2.41 bits per heavy atom. The van der Waals surface area contributed by atoms with Gasteiger partial charge in [-0.1, -0.05) is 0 Å². The molecule has 0 atom stereocenters. The molecule has 0 spiro atoms. The number of rotatable bonds is 4. The minimum Gasteiger partial charge on any atom is -0.350 e. The van der Waals surface area contributed by atoms with Crippen molar-refractivity contribution in [3.63, 3.8) is 0 Å². The van der Waals surface area contributed by atoms with Gasteiger partial charge in [0, 0.05) is 53.8 Å². The van der Waals surface area contributed by atoms with E-state index in [1.807, 2.05) is 32.0 Å². The SMILES string of the molecule is Cc1cc(-c2ncc(CNc3nccc(C)n3)cn2)ccn1. The lowest BCUT2D eigenvalue weighted by Crippen LogP contribution is -2.05. The predicted octanol–water partition coefficient (Wildman–Crippen LogP) is 2.56. The first-order valence-corrected chi connectivity index (χ1v) is 6.98. The molecule has 3 rings (SSSR count). The lowest BCUT2D eigenvalue weighted by molar-refractivity contribution is 1.00. The van der Waals surface area contributed by atoms with Gasteiger partial charge in [0.05, 0.1) is 0 Å². The second-order valence-electron chi connectivity index (χ2n) is 4.98. The van der Waals surface area contributed by atoms with Gasteiger partial charge in [-0.3, -0.25) is 4.98 Å². The maximum Gasteiger partial charge on any atom is 0.223 e. The minimum absolute atomic E-state index is 0.582. The Morgan fingerprint density at radius 2 is 1.68 bits per heavy atom. The summed E-state index contributed by atoms with van der Waals surface area (Å²) in [6, 6.07) is 5.73. The molecular weight excluding hydrogens is 276 g/mol. The Bertz CT molecular complexity index is 770. The second-order valence-corrected chi connectivity index (χ2v) is 4.98. The van der Waals surface area contributed by atoms with Gasteiger partial charge in [0.15, 0.2) is 5.82 Å². The van der Waals surface area contributed by atoms with Crippen LogP contribution >= 0.6 is 0 Å². The highest BCUT2D eigenvalue weighted by atomic mass is 15.1. The van der Waals surface area contributed by atoms with Crippen molar-refractivity contribution in [3.05, 3.63) is 59.9 Å². The molecular formula is C16H16N6. The molecule has 6 nitrogen and oxygen atoms in total. The predicted molar refractivity (Wildman–Crippen MR) is 84.1 cm³/mol. The van der Waals surface area contributed by atoms with Crippen LogP contribution in [0.3, 0.4) is 0 Å². The van der Waals surface area contributed by atoms with Crippen LogP contribution in [0.25, 0.3) is 11.4 Å². The number of anilines is 1. The fraction of sp³-hybridized carbons (Fsp3) is 0.188. The Kier molecular flexibility index (Phi) is 4.00. The first-order valence-electron chi connectivity index (χ1n) is 6.98. The number of nitrogens with zero attached hydrogens (tertiary/aromatic N) is 5. The number of hydrogen-bond donors (Lipinski definition) is 1. The summed E-state index contributed by atoms with van der Waals surface area (Å²) in [5, 5.41) is 3.16. The van der Waals surface area contributed by atoms with Crippen LogP contribution in [-0.2, 0) is 6.54 Å². The van der Waals surface area contributed by atoms with Gasteiger partial charge in [-0.05, 0) is 32.0 Å². The molecule has 0 unspecified atom stereocenters. The molecule has 0 saturated heterocycles. The molecule has 0 aliphatic rings. The molecule has 0 aromatic carbocycles. The molecule has 110 valence electrons. The summed E-state index contributed by atoms with van der Waals surface area (Å²) in [7, 11) is 0. The third-order valence-corrected chi connectivity index (χ3v) is 3.11. The van der Waals surface area contributed by atoms with Gasteiger partial charge >= 0.3 is 0 Å². The van der Waals surface area contributed by atoms with Crippen LogP contribution in [0.5, 0.6) is 0 Å². The van der Waals surface area contributed by atoms with Gasteiger partial charge < -0.3 is 5.32 Å². The lowest BCUT2D eigenvalue weighted by atomic mass is 10.2. The first-order chi connectivity index (χ1) is 10.7. The van der Waals surface area contributed by atoms with Gasteiger partial charge in [-0.2, -0.15) is 0 Å². The Balaban J connectivity index is 1.69. The molecule has 1 N–H and O–H groups in total. The molecule has 0 aliphatic heterocycles. The monoisotopic (exact) mass is 292 g/mol. The van der Waals surface area contributed by atoms with Gasteiger partial charge in [0.1, 0.15) is 0 Å². The van der Waals surface area contributed by atoms with E-state index in [4.69, 9.17) is 0 Å². The summed E-state index contributed by atoms with van der Waals surface area (Å²) in [4.78, 5) is 21.4. The summed E-state index contributed by atoms with van der Waals surface area (Å²) in [6.07, 6.45) is 7.11. The molecule has 22 heavy (non-hydrogen) atoms. The van der Waals surface area contributed by atoms with E-state index in [0.29, 0.717) is 18.3 Å². The van der Waals surface area contributed by atoms with E-state index in [1.165, 1.54) is 0 Å². The van der Waals surface area contributed by atoms with E-state index in [9.17, 15) is 0 Å². The van der Waals surface area contributed by atoms with Crippen molar-refractivity contribution in [2.45, 2.75) is 20.4 Å². The fourth-order valence-electron chi connectivity index (χ4n) is 1.99. The van der Waals surface area contributed by atoms with Crippen LogP contribution in [0.15, 0.2) is 43.0 Å². The molecule has 0 saturated carbocycles. The zero-order valence-electron chi connectivity index (χ0n) is 12.5. The molecule has 3 heterocycles. The fourth-order valence-corrected chi connectivity index (χ4v) is 1.99. The van der Waals surface area contributed by atoms with Gasteiger partial charge in [0.2, 0.25) is 5.95 Å². The van der Waals surface area contributed by atoms with Gasteiger partial charge in [0.25, 0.3) is 0 Å². The van der Waals surface area contributed by atoms with Crippen molar-refractivity contribution in [1.29, 1.82) is 0 Å². The Morgan fingerprint density at radius 1 is 0.909 bits per heavy atom. The van der Waals surface area contributed by atoms with E-state index in [2.05, 4.69) is 30.2 Å². The van der Waals surface area contributed by atoms with Crippen molar-refractivity contribution in [1.82, 2.24) is 24.9 Å². The molecule has 6 heteroatoms. The number of aromatic nitrogens is 5. The zero-order valence-corrected chi connectivity index (χ0v) is 12.5. The van der Waals surface area contributed by atoms with Gasteiger partial charge in [-0.15, -0.1) is 0 Å². The van der Waals surface area contributed by atoms with Crippen LogP contribution in [0.1, 0.15) is 17.0 Å². The summed E-state index contributed by atoms with van der Waals surface area (Å²) in [5.41, 5.74) is 3.81. The quantitative estimate of drug-likeness (QED) is 0.796. The number of hydrogen-bond acceptors (Lipinski definition) is 6. The van der Waals surface area contributed by atoms with E-state index in [-0.39, 0.29) is 0 Å². The molecule has 0 bridgehead atoms. The summed E-state index contributed by atoms with van der Waals surface area (Å²) in [5.74, 6) is 1.30. The maximum atomic E-state index is 4.40. The Labute approximate surface area is 128 Å². The highest BCUT2D eigenvalue weighted by molar-refractivity contribution is 5.54. The van der Waals surface area contributed by atoms with Crippen molar-refractivity contribution in [3.8, 4) is 11.4 Å². The largest absolute Gasteiger partial charge is 0.350 e. The molecule has 3 aromatic rings. The smallest absolute Gasteiger partial charge is 0.223 e. The lowest BCUT2D eigenvalue weighted by Gasteiger charge is -2.06. The topological polar surface area (TPSA) is 76.5 Å².